The maximum atomic E-state index is 7.30. The quantitative estimate of drug-likeness (QED) is 0.521. The largest absolute Gasteiger partial charge is 0.387 e. The summed E-state index contributed by atoms with van der Waals surface area (Å²) in [6.07, 6.45) is 1.54. The van der Waals surface area contributed by atoms with Crippen LogP contribution in [0.25, 0.3) is 0 Å². The maximum Gasteiger partial charge on any atom is 0.140 e. The molecule has 1 unspecified atom stereocenters. The Labute approximate surface area is 89.6 Å². The van der Waals surface area contributed by atoms with Gasteiger partial charge in [0.25, 0.3) is 0 Å². The molecule has 0 aliphatic carbocycles. The van der Waals surface area contributed by atoms with Crippen LogP contribution >= 0.6 is 0 Å². The van der Waals surface area contributed by atoms with E-state index < -0.39 is 0 Å². The molecular formula is C9H18N6. The number of hydrogen-bond acceptors (Lipinski definition) is 4. The molecule has 1 atom stereocenters. The minimum absolute atomic E-state index is 0.0724. The summed E-state index contributed by atoms with van der Waals surface area (Å²) in [5.74, 6) is 1.20. The number of amidine groups is 1. The van der Waals surface area contributed by atoms with Gasteiger partial charge in [-0.25, -0.2) is 4.98 Å². The van der Waals surface area contributed by atoms with Gasteiger partial charge in [0.05, 0.1) is 12.4 Å². The number of nitrogens with two attached hydrogens (primary N) is 1. The van der Waals surface area contributed by atoms with E-state index in [1.807, 2.05) is 21.0 Å². The number of nitrogens with one attached hydrogen (secondary N) is 1. The number of nitrogens with zero attached hydrogens (tertiary/aromatic N) is 4. The van der Waals surface area contributed by atoms with Crippen LogP contribution in [0.1, 0.15) is 12.7 Å². The van der Waals surface area contributed by atoms with Crippen molar-refractivity contribution < 1.29 is 0 Å². The molecule has 1 heterocycles. The van der Waals surface area contributed by atoms with Crippen LogP contribution in [0.5, 0.6) is 0 Å². The van der Waals surface area contributed by atoms with Crippen molar-refractivity contribution in [2.75, 3.05) is 13.6 Å². The van der Waals surface area contributed by atoms with Crippen LogP contribution in [0.3, 0.4) is 0 Å². The van der Waals surface area contributed by atoms with Gasteiger partial charge in [0.1, 0.15) is 12.2 Å². The third-order valence-corrected chi connectivity index (χ3v) is 2.33. The van der Waals surface area contributed by atoms with Crippen molar-refractivity contribution in [3.8, 4) is 0 Å². The van der Waals surface area contributed by atoms with Crippen LogP contribution in [-0.4, -0.2) is 39.1 Å². The van der Waals surface area contributed by atoms with Crippen LogP contribution < -0.4 is 5.73 Å². The molecule has 1 aromatic heterocycles. The topological polar surface area (TPSA) is 83.8 Å². The van der Waals surface area contributed by atoms with Crippen molar-refractivity contribution in [1.29, 1.82) is 5.41 Å². The second-order valence-corrected chi connectivity index (χ2v) is 3.85. The molecule has 0 radical (unpaired) electrons. The van der Waals surface area contributed by atoms with E-state index in [-0.39, 0.29) is 11.8 Å². The highest BCUT2D eigenvalue weighted by atomic mass is 15.3. The lowest BCUT2D eigenvalue weighted by Crippen LogP contribution is -2.32. The van der Waals surface area contributed by atoms with E-state index in [0.717, 1.165) is 12.4 Å². The molecule has 0 saturated carbocycles. The lowest BCUT2D eigenvalue weighted by molar-refractivity contribution is 0.294. The van der Waals surface area contributed by atoms with E-state index in [2.05, 4.69) is 15.0 Å². The Kier molecular flexibility index (Phi) is 3.79. The van der Waals surface area contributed by atoms with Gasteiger partial charge in [0.2, 0.25) is 0 Å². The predicted molar refractivity (Wildman–Crippen MR) is 58.4 cm³/mol. The molecule has 0 aliphatic rings. The fourth-order valence-electron chi connectivity index (χ4n) is 1.34. The second-order valence-electron chi connectivity index (χ2n) is 3.85. The smallest absolute Gasteiger partial charge is 0.140 e. The monoisotopic (exact) mass is 210 g/mol. The van der Waals surface area contributed by atoms with Gasteiger partial charge in [-0.3, -0.25) is 15.0 Å². The average molecular weight is 210 g/mol. The Morgan fingerprint density at radius 2 is 2.40 bits per heavy atom. The Morgan fingerprint density at radius 3 is 2.87 bits per heavy atom. The molecular weight excluding hydrogens is 192 g/mol. The van der Waals surface area contributed by atoms with E-state index in [0.29, 0.717) is 6.54 Å². The fourth-order valence-corrected chi connectivity index (χ4v) is 1.34. The third kappa shape index (κ3) is 3.32. The first kappa shape index (κ1) is 11.6. The van der Waals surface area contributed by atoms with Gasteiger partial charge in [-0.05, 0) is 7.05 Å². The van der Waals surface area contributed by atoms with Crippen LogP contribution in [0.15, 0.2) is 6.33 Å². The van der Waals surface area contributed by atoms with Gasteiger partial charge < -0.3 is 5.73 Å². The van der Waals surface area contributed by atoms with E-state index in [1.54, 1.807) is 4.68 Å². The van der Waals surface area contributed by atoms with Gasteiger partial charge in [-0.15, -0.1) is 0 Å². The second kappa shape index (κ2) is 4.88. The summed E-state index contributed by atoms with van der Waals surface area (Å²) in [5.41, 5.74) is 5.41. The first-order valence-corrected chi connectivity index (χ1v) is 4.86. The number of aryl methyl sites for hydroxylation is 1. The standard InChI is InChI=1S/C9H18N6/c1-7(9(10)11)4-14(2)5-8-12-6-13-15(8)3/h6-7H,4-5H2,1-3H3,(H3,10,11). The Balaban J connectivity index is 2.46. The normalized spacial score (nSPS) is 13.1. The first-order chi connectivity index (χ1) is 7.00. The molecule has 0 amide bonds. The van der Waals surface area contributed by atoms with E-state index >= 15 is 0 Å². The maximum absolute atomic E-state index is 7.30. The van der Waals surface area contributed by atoms with Crippen molar-refractivity contribution >= 4 is 5.84 Å². The molecule has 1 rings (SSSR count). The molecule has 1 aromatic rings. The molecule has 0 saturated heterocycles. The van der Waals surface area contributed by atoms with Gasteiger partial charge in [-0.2, -0.15) is 5.10 Å². The zero-order valence-electron chi connectivity index (χ0n) is 9.44. The first-order valence-electron chi connectivity index (χ1n) is 4.86. The predicted octanol–water partition coefficient (Wildman–Crippen LogP) is -0.181. The van der Waals surface area contributed by atoms with E-state index in [9.17, 15) is 0 Å². The molecule has 0 aliphatic heterocycles. The van der Waals surface area contributed by atoms with Crippen molar-refractivity contribution in [1.82, 2.24) is 19.7 Å². The van der Waals surface area contributed by atoms with Crippen LogP contribution in [0.2, 0.25) is 0 Å². The minimum atomic E-state index is 0.0724. The Morgan fingerprint density at radius 1 is 1.73 bits per heavy atom. The summed E-state index contributed by atoms with van der Waals surface area (Å²) in [6.45, 7) is 3.41. The summed E-state index contributed by atoms with van der Waals surface area (Å²) >= 11 is 0. The zero-order chi connectivity index (χ0) is 11.4. The summed E-state index contributed by atoms with van der Waals surface area (Å²) < 4.78 is 1.74. The molecule has 3 N–H and O–H groups in total. The highest BCUT2D eigenvalue weighted by molar-refractivity contribution is 5.79. The molecule has 15 heavy (non-hydrogen) atoms. The van der Waals surface area contributed by atoms with Crippen molar-refractivity contribution in [3.05, 3.63) is 12.2 Å². The molecule has 6 nitrogen and oxygen atoms in total. The van der Waals surface area contributed by atoms with Crippen LogP contribution in [-0.2, 0) is 13.6 Å². The summed E-state index contributed by atoms with van der Waals surface area (Å²) in [4.78, 5) is 6.21. The van der Waals surface area contributed by atoms with Gasteiger partial charge in [-0.1, -0.05) is 6.92 Å². The summed E-state index contributed by atoms with van der Waals surface area (Å²) in [5, 5.41) is 11.3. The molecule has 0 spiro atoms. The lowest BCUT2D eigenvalue weighted by atomic mass is 10.1. The molecule has 0 aromatic carbocycles. The lowest BCUT2D eigenvalue weighted by Gasteiger charge is -2.19. The third-order valence-electron chi connectivity index (χ3n) is 2.33. The van der Waals surface area contributed by atoms with Gasteiger partial charge in [0.15, 0.2) is 0 Å². The summed E-state index contributed by atoms with van der Waals surface area (Å²) in [7, 11) is 3.85. The number of rotatable bonds is 5. The molecule has 84 valence electrons. The van der Waals surface area contributed by atoms with Crippen molar-refractivity contribution in [3.63, 3.8) is 0 Å². The summed E-state index contributed by atoms with van der Waals surface area (Å²) in [6, 6.07) is 0. The minimum Gasteiger partial charge on any atom is -0.387 e. The van der Waals surface area contributed by atoms with E-state index in [4.69, 9.17) is 11.1 Å². The average Bonchev–Trinajstić information content (AvgIpc) is 2.51. The highest BCUT2D eigenvalue weighted by Gasteiger charge is 2.11. The van der Waals surface area contributed by atoms with Gasteiger partial charge >= 0.3 is 0 Å². The highest BCUT2D eigenvalue weighted by Crippen LogP contribution is 2.01. The number of hydrogen-bond donors (Lipinski definition) is 2. The van der Waals surface area contributed by atoms with Crippen LogP contribution in [0.4, 0.5) is 0 Å². The van der Waals surface area contributed by atoms with Gasteiger partial charge in [0, 0.05) is 19.5 Å². The SMILES string of the molecule is CC(CN(C)Cc1ncnn1C)C(=N)N. The molecule has 0 bridgehead atoms. The fraction of sp³-hybridized carbons (Fsp3) is 0.667. The van der Waals surface area contributed by atoms with Crippen molar-refractivity contribution in [2.45, 2.75) is 13.5 Å². The molecule has 6 heteroatoms. The van der Waals surface area contributed by atoms with E-state index in [1.165, 1.54) is 6.33 Å². The van der Waals surface area contributed by atoms with Crippen LogP contribution in [0, 0.1) is 11.3 Å². The Hall–Kier alpha value is -1.43. The van der Waals surface area contributed by atoms with Crippen molar-refractivity contribution in [2.24, 2.45) is 18.7 Å². The molecule has 0 fully saturated rings. The Bertz CT molecular complexity index is 331. The number of aromatic nitrogens is 3. The zero-order valence-corrected chi connectivity index (χ0v) is 9.44.